The van der Waals surface area contributed by atoms with Crippen LogP contribution in [0.4, 0.5) is 0 Å². The highest BCUT2D eigenvalue weighted by Gasteiger charge is 2.35. The summed E-state index contributed by atoms with van der Waals surface area (Å²) in [7, 11) is 0. The molecule has 0 aromatic heterocycles. The Morgan fingerprint density at radius 2 is 2.00 bits per heavy atom. The van der Waals surface area contributed by atoms with Crippen LogP contribution >= 0.6 is 0 Å². The maximum absolute atomic E-state index is 11.5. The van der Waals surface area contributed by atoms with E-state index in [2.05, 4.69) is 5.32 Å². The van der Waals surface area contributed by atoms with Crippen molar-refractivity contribution in [1.29, 1.82) is 0 Å². The van der Waals surface area contributed by atoms with Gasteiger partial charge in [0, 0.05) is 0 Å². The first-order valence-corrected chi connectivity index (χ1v) is 6.34. The standard InChI is InChI=1S/C13H19NO3/c1-8(15)11-12(16)10(14-13(11)17)7-9-5-3-2-4-6-9/h9-10,16H,2-7H2,1H3,(H,14,17). The molecule has 94 valence electrons. The Morgan fingerprint density at radius 3 is 2.53 bits per heavy atom. The molecule has 2 rings (SSSR count). The molecule has 0 spiro atoms. The predicted molar refractivity (Wildman–Crippen MR) is 63.5 cm³/mol. The lowest BCUT2D eigenvalue weighted by molar-refractivity contribution is -0.121. The van der Waals surface area contributed by atoms with Crippen molar-refractivity contribution in [2.45, 2.75) is 51.5 Å². The van der Waals surface area contributed by atoms with E-state index in [1.165, 1.54) is 26.2 Å². The summed E-state index contributed by atoms with van der Waals surface area (Å²) in [5, 5.41) is 12.6. The highest BCUT2D eigenvalue weighted by Crippen LogP contribution is 2.30. The average molecular weight is 237 g/mol. The van der Waals surface area contributed by atoms with Crippen molar-refractivity contribution in [3.05, 3.63) is 11.3 Å². The number of aliphatic hydroxyl groups is 1. The van der Waals surface area contributed by atoms with Crippen molar-refractivity contribution in [2.24, 2.45) is 5.92 Å². The lowest BCUT2D eigenvalue weighted by atomic mass is 9.84. The highest BCUT2D eigenvalue weighted by atomic mass is 16.3. The van der Waals surface area contributed by atoms with Gasteiger partial charge < -0.3 is 10.4 Å². The molecule has 1 heterocycles. The molecule has 1 atom stereocenters. The van der Waals surface area contributed by atoms with E-state index in [0.717, 1.165) is 19.3 Å². The van der Waals surface area contributed by atoms with Gasteiger partial charge in [0.2, 0.25) is 0 Å². The minimum absolute atomic E-state index is 0.0481. The molecule has 1 unspecified atom stereocenters. The van der Waals surface area contributed by atoms with Crippen LogP contribution in [-0.2, 0) is 9.59 Å². The van der Waals surface area contributed by atoms with E-state index >= 15 is 0 Å². The average Bonchev–Trinajstić information content (AvgIpc) is 2.55. The largest absolute Gasteiger partial charge is 0.509 e. The van der Waals surface area contributed by atoms with Crippen LogP contribution in [0.1, 0.15) is 45.4 Å². The van der Waals surface area contributed by atoms with Gasteiger partial charge in [0.25, 0.3) is 5.91 Å². The van der Waals surface area contributed by atoms with E-state index in [1.807, 2.05) is 0 Å². The summed E-state index contributed by atoms with van der Waals surface area (Å²) in [5.74, 6) is -0.266. The summed E-state index contributed by atoms with van der Waals surface area (Å²) < 4.78 is 0. The van der Waals surface area contributed by atoms with Gasteiger partial charge in [0.15, 0.2) is 5.78 Å². The number of hydrogen-bond acceptors (Lipinski definition) is 3. The molecule has 2 aliphatic rings. The van der Waals surface area contributed by atoms with Gasteiger partial charge in [0.1, 0.15) is 11.3 Å². The molecule has 0 saturated heterocycles. The van der Waals surface area contributed by atoms with Crippen LogP contribution < -0.4 is 5.32 Å². The molecular formula is C13H19NO3. The third kappa shape index (κ3) is 2.51. The first-order chi connectivity index (χ1) is 8.09. The van der Waals surface area contributed by atoms with Crippen LogP contribution in [-0.4, -0.2) is 22.8 Å². The van der Waals surface area contributed by atoms with E-state index in [9.17, 15) is 14.7 Å². The fourth-order valence-corrected chi connectivity index (χ4v) is 2.86. The SMILES string of the molecule is CC(=O)C1=C(O)C(CC2CCCCC2)NC1=O. The molecule has 2 N–H and O–H groups in total. The Balaban J connectivity index is 2.03. The Hall–Kier alpha value is -1.32. The second-order valence-corrected chi connectivity index (χ2v) is 5.08. The quantitative estimate of drug-likeness (QED) is 0.736. The van der Waals surface area contributed by atoms with Crippen LogP contribution in [0, 0.1) is 5.92 Å². The normalized spacial score (nSPS) is 26.2. The highest BCUT2D eigenvalue weighted by molar-refractivity contribution is 6.20. The molecule has 0 aromatic carbocycles. The van der Waals surface area contributed by atoms with Crippen molar-refractivity contribution >= 4 is 11.7 Å². The van der Waals surface area contributed by atoms with Crippen LogP contribution in [0.15, 0.2) is 11.3 Å². The number of ketones is 1. The molecule has 0 aromatic rings. The van der Waals surface area contributed by atoms with Gasteiger partial charge in [-0.25, -0.2) is 0 Å². The molecule has 1 aliphatic carbocycles. The molecule has 0 bridgehead atoms. The molecule has 1 amide bonds. The van der Waals surface area contributed by atoms with Gasteiger partial charge in [-0.05, 0) is 19.3 Å². The Morgan fingerprint density at radius 1 is 1.35 bits per heavy atom. The Kier molecular flexibility index (Phi) is 3.50. The summed E-state index contributed by atoms with van der Waals surface area (Å²) in [6, 6.07) is -0.343. The number of aliphatic hydroxyl groups excluding tert-OH is 1. The van der Waals surface area contributed by atoms with E-state index in [1.54, 1.807) is 0 Å². The van der Waals surface area contributed by atoms with Gasteiger partial charge in [-0.2, -0.15) is 0 Å². The minimum atomic E-state index is -0.421. The van der Waals surface area contributed by atoms with Crippen LogP contribution in [0.2, 0.25) is 0 Å². The van der Waals surface area contributed by atoms with Crippen molar-refractivity contribution in [3.63, 3.8) is 0 Å². The van der Waals surface area contributed by atoms with E-state index in [-0.39, 0.29) is 23.2 Å². The van der Waals surface area contributed by atoms with Crippen molar-refractivity contribution in [3.8, 4) is 0 Å². The molecule has 4 nitrogen and oxygen atoms in total. The van der Waals surface area contributed by atoms with E-state index in [4.69, 9.17) is 0 Å². The summed E-state index contributed by atoms with van der Waals surface area (Å²) in [6.07, 6.45) is 6.83. The molecule has 0 radical (unpaired) electrons. The van der Waals surface area contributed by atoms with Crippen LogP contribution in [0.3, 0.4) is 0 Å². The fourth-order valence-electron chi connectivity index (χ4n) is 2.86. The first-order valence-electron chi connectivity index (χ1n) is 6.34. The lowest BCUT2D eigenvalue weighted by Crippen LogP contribution is -2.31. The van der Waals surface area contributed by atoms with Crippen LogP contribution in [0.5, 0.6) is 0 Å². The third-order valence-corrected chi connectivity index (χ3v) is 3.76. The fraction of sp³-hybridized carbons (Fsp3) is 0.692. The predicted octanol–water partition coefficient (Wildman–Crippen LogP) is 1.86. The number of carbonyl (C=O) groups excluding carboxylic acids is 2. The molecule has 1 aliphatic heterocycles. The maximum atomic E-state index is 11.5. The summed E-state index contributed by atoms with van der Waals surface area (Å²) >= 11 is 0. The number of carbonyl (C=O) groups is 2. The number of Topliss-reactive ketones (excluding diaryl/α,β-unsaturated/α-hetero) is 1. The molecule has 1 fully saturated rings. The maximum Gasteiger partial charge on any atom is 0.258 e. The van der Waals surface area contributed by atoms with Gasteiger partial charge in [-0.1, -0.05) is 32.1 Å². The third-order valence-electron chi connectivity index (χ3n) is 3.76. The van der Waals surface area contributed by atoms with Gasteiger partial charge in [0.05, 0.1) is 6.04 Å². The zero-order valence-corrected chi connectivity index (χ0v) is 10.2. The van der Waals surface area contributed by atoms with E-state index in [0.29, 0.717) is 5.92 Å². The zero-order chi connectivity index (χ0) is 12.4. The summed E-state index contributed by atoms with van der Waals surface area (Å²) in [5.41, 5.74) is -0.0502. The Bertz CT molecular complexity index is 367. The first kappa shape index (κ1) is 12.1. The summed E-state index contributed by atoms with van der Waals surface area (Å²) in [6.45, 7) is 1.31. The number of hydrogen-bond donors (Lipinski definition) is 2. The lowest BCUT2D eigenvalue weighted by Gasteiger charge is -2.24. The second kappa shape index (κ2) is 4.90. The van der Waals surface area contributed by atoms with Crippen molar-refractivity contribution in [2.75, 3.05) is 0 Å². The monoisotopic (exact) mass is 237 g/mol. The molecule has 17 heavy (non-hydrogen) atoms. The zero-order valence-electron chi connectivity index (χ0n) is 10.2. The number of nitrogens with one attached hydrogen (secondary N) is 1. The number of rotatable bonds is 3. The van der Waals surface area contributed by atoms with Gasteiger partial charge in [-0.15, -0.1) is 0 Å². The van der Waals surface area contributed by atoms with Crippen molar-refractivity contribution in [1.82, 2.24) is 5.32 Å². The van der Waals surface area contributed by atoms with Crippen molar-refractivity contribution < 1.29 is 14.7 Å². The molecule has 4 heteroatoms. The van der Waals surface area contributed by atoms with Crippen LogP contribution in [0.25, 0.3) is 0 Å². The van der Waals surface area contributed by atoms with Gasteiger partial charge in [-0.3, -0.25) is 9.59 Å². The topological polar surface area (TPSA) is 66.4 Å². The smallest absolute Gasteiger partial charge is 0.258 e. The minimum Gasteiger partial charge on any atom is -0.509 e. The second-order valence-electron chi connectivity index (χ2n) is 5.08. The molecular weight excluding hydrogens is 218 g/mol. The van der Waals surface area contributed by atoms with E-state index < -0.39 is 5.91 Å². The Labute approximate surface area is 101 Å². The number of amides is 1. The summed E-state index contributed by atoms with van der Waals surface area (Å²) in [4.78, 5) is 22.8. The molecule has 1 saturated carbocycles. The van der Waals surface area contributed by atoms with Gasteiger partial charge >= 0.3 is 0 Å².